The molecule has 18 heavy (non-hydrogen) atoms. The Morgan fingerprint density at radius 1 is 1.39 bits per heavy atom. The minimum absolute atomic E-state index is 0.0707. The van der Waals surface area contributed by atoms with Crippen molar-refractivity contribution in [1.82, 2.24) is 4.90 Å². The number of hydrogen-bond donors (Lipinski definition) is 2. The number of nitrogens with one attached hydrogen (secondary N) is 1. The molecule has 0 heterocycles. The number of ether oxygens (including phenoxy) is 1. The molecule has 1 rings (SSSR count). The SMILES string of the molecule is CCN(CC)CC(=O)Nc1cc(OC)ccc1N. The van der Waals surface area contributed by atoms with Crippen LogP contribution in [-0.2, 0) is 4.79 Å². The van der Waals surface area contributed by atoms with E-state index in [-0.39, 0.29) is 5.91 Å². The zero-order chi connectivity index (χ0) is 13.5. The topological polar surface area (TPSA) is 67.6 Å². The summed E-state index contributed by atoms with van der Waals surface area (Å²) in [6.45, 7) is 6.10. The van der Waals surface area contributed by atoms with Crippen LogP contribution in [-0.4, -0.2) is 37.6 Å². The minimum atomic E-state index is -0.0707. The van der Waals surface area contributed by atoms with Gasteiger partial charge in [0.25, 0.3) is 0 Å². The van der Waals surface area contributed by atoms with Gasteiger partial charge >= 0.3 is 0 Å². The molecule has 5 heteroatoms. The Hall–Kier alpha value is -1.75. The molecule has 0 atom stereocenters. The maximum atomic E-state index is 11.8. The van der Waals surface area contributed by atoms with Gasteiger partial charge in [0.15, 0.2) is 0 Å². The number of nitrogen functional groups attached to an aromatic ring is 1. The van der Waals surface area contributed by atoms with Crippen LogP contribution in [0, 0.1) is 0 Å². The summed E-state index contributed by atoms with van der Waals surface area (Å²) in [5, 5.41) is 2.80. The van der Waals surface area contributed by atoms with Crippen molar-refractivity contribution in [3.05, 3.63) is 18.2 Å². The fourth-order valence-corrected chi connectivity index (χ4v) is 1.61. The molecule has 1 amide bonds. The minimum Gasteiger partial charge on any atom is -0.497 e. The lowest BCUT2D eigenvalue weighted by Gasteiger charge is -2.18. The zero-order valence-electron chi connectivity index (χ0n) is 11.2. The Morgan fingerprint density at radius 2 is 2.06 bits per heavy atom. The Morgan fingerprint density at radius 3 is 2.61 bits per heavy atom. The van der Waals surface area contributed by atoms with Gasteiger partial charge in [0.05, 0.1) is 25.0 Å². The lowest BCUT2D eigenvalue weighted by molar-refractivity contribution is -0.117. The van der Waals surface area contributed by atoms with Crippen molar-refractivity contribution in [2.45, 2.75) is 13.8 Å². The smallest absolute Gasteiger partial charge is 0.238 e. The van der Waals surface area contributed by atoms with Gasteiger partial charge in [-0.15, -0.1) is 0 Å². The maximum absolute atomic E-state index is 11.8. The predicted octanol–water partition coefficient (Wildman–Crippen LogP) is 1.56. The van der Waals surface area contributed by atoms with Gasteiger partial charge in [-0.25, -0.2) is 0 Å². The molecule has 0 bridgehead atoms. The van der Waals surface area contributed by atoms with E-state index >= 15 is 0 Å². The van der Waals surface area contributed by atoms with Crippen molar-refractivity contribution in [3.8, 4) is 5.75 Å². The molecule has 0 fully saturated rings. The number of likely N-dealkylation sites (N-methyl/N-ethyl adjacent to an activating group) is 1. The first-order valence-electron chi connectivity index (χ1n) is 6.06. The van der Waals surface area contributed by atoms with E-state index in [9.17, 15) is 4.79 Å². The van der Waals surface area contributed by atoms with Crippen LogP contribution in [0.1, 0.15) is 13.8 Å². The molecule has 1 aromatic carbocycles. The summed E-state index contributed by atoms with van der Waals surface area (Å²) in [7, 11) is 1.58. The highest BCUT2D eigenvalue weighted by atomic mass is 16.5. The summed E-state index contributed by atoms with van der Waals surface area (Å²) >= 11 is 0. The first-order valence-corrected chi connectivity index (χ1v) is 6.06. The van der Waals surface area contributed by atoms with Crippen molar-refractivity contribution >= 4 is 17.3 Å². The fourth-order valence-electron chi connectivity index (χ4n) is 1.61. The third-order valence-electron chi connectivity index (χ3n) is 2.80. The average Bonchev–Trinajstić information content (AvgIpc) is 2.38. The van der Waals surface area contributed by atoms with Crippen molar-refractivity contribution in [1.29, 1.82) is 0 Å². The molecule has 100 valence electrons. The largest absolute Gasteiger partial charge is 0.497 e. The Labute approximate surface area is 108 Å². The number of anilines is 2. The summed E-state index contributed by atoms with van der Waals surface area (Å²) < 4.78 is 5.10. The number of benzene rings is 1. The van der Waals surface area contributed by atoms with Crippen LogP contribution < -0.4 is 15.8 Å². The molecule has 0 unspecified atom stereocenters. The third kappa shape index (κ3) is 3.92. The van der Waals surface area contributed by atoms with E-state index in [1.165, 1.54) is 0 Å². The molecule has 0 saturated carbocycles. The number of nitrogens with zero attached hydrogens (tertiary/aromatic N) is 1. The highest BCUT2D eigenvalue weighted by molar-refractivity contribution is 5.95. The van der Waals surface area contributed by atoms with Crippen LogP contribution in [0.2, 0.25) is 0 Å². The first kappa shape index (κ1) is 14.3. The Kier molecular flexibility index (Phi) is 5.45. The van der Waals surface area contributed by atoms with Crippen LogP contribution in [0.4, 0.5) is 11.4 Å². The highest BCUT2D eigenvalue weighted by Crippen LogP contribution is 2.24. The quantitative estimate of drug-likeness (QED) is 0.753. The van der Waals surface area contributed by atoms with Gasteiger partial charge < -0.3 is 15.8 Å². The summed E-state index contributed by atoms with van der Waals surface area (Å²) in [5.41, 5.74) is 6.92. The van der Waals surface area contributed by atoms with Crippen molar-refractivity contribution in [2.75, 3.05) is 37.8 Å². The van der Waals surface area contributed by atoms with Gasteiger partial charge in [0.2, 0.25) is 5.91 Å². The first-order chi connectivity index (χ1) is 8.60. The summed E-state index contributed by atoms with van der Waals surface area (Å²) in [5.74, 6) is 0.598. The molecule has 3 N–H and O–H groups in total. The van der Waals surface area contributed by atoms with Gasteiger partial charge in [-0.1, -0.05) is 13.8 Å². The number of rotatable bonds is 6. The van der Waals surface area contributed by atoms with E-state index in [1.54, 1.807) is 25.3 Å². The zero-order valence-corrected chi connectivity index (χ0v) is 11.2. The number of amides is 1. The normalized spacial score (nSPS) is 10.4. The highest BCUT2D eigenvalue weighted by Gasteiger charge is 2.09. The Balaban J connectivity index is 2.69. The van der Waals surface area contributed by atoms with Crippen LogP contribution in [0.15, 0.2) is 18.2 Å². The van der Waals surface area contributed by atoms with Crippen molar-refractivity contribution in [3.63, 3.8) is 0 Å². The second-order valence-electron chi connectivity index (χ2n) is 3.96. The molecule has 0 aromatic heterocycles. The standard InChI is InChI=1S/C13H21N3O2/c1-4-16(5-2)9-13(17)15-12-8-10(18-3)6-7-11(12)14/h6-8H,4-5,9,14H2,1-3H3,(H,15,17). The van der Waals surface area contributed by atoms with E-state index in [4.69, 9.17) is 10.5 Å². The van der Waals surface area contributed by atoms with Crippen LogP contribution >= 0.6 is 0 Å². The summed E-state index contributed by atoms with van der Waals surface area (Å²) in [6.07, 6.45) is 0. The number of nitrogens with two attached hydrogens (primary N) is 1. The van der Waals surface area contributed by atoms with Gasteiger partial charge in [0.1, 0.15) is 5.75 Å². The second kappa shape index (κ2) is 6.86. The molecule has 0 aliphatic rings. The number of carbonyl (C=O) groups excluding carboxylic acids is 1. The number of methoxy groups -OCH3 is 1. The van der Waals surface area contributed by atoms with Gasteiger partial charge in [-0.05, 0) is 25.2 Å². The molecule has 0 radical (unpaired) electrons. The molecular weight excluding hydrogens is 230 g/mol. The van der Waals surface area contributed by atoms with Gasteiger partial charge in [-0.3, -0.25) is 9.69 Å². The monoisotopic (exact) mass is 251 g/mol. The number of hydrogen-bond acceptors (Lipinski definition) is 4. The van der Waals surface area contributed by atoms with Crippen LogP contribution in [0.5, 0.6) is 5.75 Å². The van der Waals surface area contributed by atoms with Crippen molar-refractivity contribution in [2.24, 2.45) is 0 Å². The molecule has 5 nitrogen and oxygen atoms in total. The maximum Gasteiger partial charge on any atom is 0.238 e. The van der Waals surface area contributed by atoms with E-state index in [0.717, 1.165) is 13.1 Å². The van der Waals surface area contributed by atoms with E-state index in [2.05, 4.69) is 5.32 Å². The molecule has 0 aliphatic heterocycles. The van der Waals surface area contributed by atoms with Gasteiger partial charge in [0, 0.05) is 6.07 Å². The van der Waals surface area contributed by atoms with E-state index in [1.807, 2.05) is 18.7 Å². The molecule has 0 aliphatic carbocycles. The van der Waals surface area contributed by atoms with Crippen LogP contribution in [0.25, 0.3) is 0 Å². The fraction of sp³-hybridized carbons (Fsp3) is 0.462. The predicted molar refractivity (Wildman–Crippen MR) is 73.8 cm³/mol. The Bertz CT molecular complexity index is 403. The van der Waals surface area contributed by atoms with E-state index in [0.29, 0.717) is 23.7 Å². The molecule has 0 spiro atoms. The molecular formula is C13H21N3O2. The lowest BCUT2D eigenvalue weighted by atomic mass is 10.2. The van der Waals surface area contributed by atoms with Gasteiger partial charge in [-0.2, -0.15) is 0 Å². The number of carbonyl (C=O) groups is 1. The van der Waals surface area contributed by atoms with Crippen LogP contribution in [0.3, 0.4) is 0 Å². The molecule has 0 saturated heterocycles. The van der Waals surface area contributed by atoms with Crippen molar-refractivity contribution < 1.29 is 9.53 Å². The second-order valence-corrected chi connectivity index (χ2v) is 3.96. The average molecular weight is 251 g/mol. The van der Waals surface area contributed by atoms with E-state index < -0.39 is 0 Å². The summed E-state index contributed by atoms with van der Waals surface area (Å²) in [6, 6.07) is 5.19. The molecule has 1 aromatic rings. The third-order valence-corrected chi connectivity index (χ3v) is 2.80. The summed E-state index contributed by atoms with van der Waals surface area (Å²) in [4.78, 5) is 13.9. The lowest BCUT2D eigenvalue weighted by Crippen LogP contribution is -2.33.